The van der Waals surface area contributed by atoms with Crippen molar-refractivity contribution in [1.82, 2.24) is 4.57 Å². The number of methoxy groups -OCH3 is 1. The van der Waals surface area contributed by atoms with Gasteiger partial charge in [0.15, 0.2) is 0 Å². The number of aromatic nitrogens is 1. The van der Waals surface area contributed by atoms with Crippen LogP contribution in [0.3, 0.4) is 0 Å². The van der Waals surface area contributed by atoms with E-state index >= 15 is 0 Å². The fourth-order valence-corrected chi connectivity index (χ4v) is 1.98. The van der Waals surface area contributed by atoms with Crippen molar-refractivity contribution in [1.29, 1.82) is 0 Å². The Labute approximate surface area is 90.5 Å². The lowest BCUT2D eigenvalue weighted by Gasteiger charge is -2.07. The van der Waals surface area contributed by atoms with E-state index in [4.69, 9.17) is 4.74 Å². The number of rotatable bonds is 3. The normalized spacial score (nSPS) is 11.1. The molecule has 0 aliphatic carbocycles. The van der Waals surface area contributed by atoms with Crippen molar-refractivity contribution in [3.63, 3.8) is 0 Å². The van der Waals surface area contributed by atoms with Gasteiger partial charge in [-0.15, -0.1) is 0 Å². The van der Waals surface area contributed by atoms with Gasteiger partial charge in [-0.05, 0) is 36.9 Å². The van der Waals surface area contributed by atoms with Crippen molar-refractivity contribution >= 4 is 10.9 Å². The summed E-state index contributed by atoms with van der Waals surface area (Å²) in [7, 11) is 1.74. The maximum absolute atomic E-state index is 5.13. The summed E-state index contributed by atoms with van der Waals surface area (Å²) in [4.78, 5) is 0. The molecule has 0 aliphatic heterocycles. The van der Waals surface area contributed by atoms with Crippen molar-refractivity contribution in [3.05, 3.63) is 35.5 Å². The zero-order valence-corrected chi connectivity index (χ0v) is 9.58. The van der Waals surface area contributed by atoms with Gasteiger partial charge >= 0.3 is 0 Å². The molecule has 0 unspecified atom stereocenters. The van der Waals surface area contributed by atoms with Gasteiger partial charge in [0.25, 0.3) is 0 Å². The summed E-state index contributed by atoms with van der Waals surface area (Å²) >= 11 is 0. The molecule has 0 saturated carbocycles. The fraction of sp³-hybridized carbons (Fsp3) is 0.385. The van der Waals surface area contributed by atoms with Gasteiger partial charge in [0.2, 0.25) is 0 Å². The number of benzene rings is 1. The van der Waals surface area contributed by atoms with Crippen molar-refractivity contribution in [3.8, 4) is 0 Å². The maximum atomic E-state index is 5.13. The van der Waals surface area contributed by atoms with Gasteiger partial charge in [-0.25, -0.2) is 0 Å². The summed E-state index contributed by atoms with van der Waals surface area (Å²) in [6.45, 7) is 5.96. The van der Waals surface area contributed by atoms with Crippen LogP contribution in [-0.4, -0.2) is 18.3 Å². The molecule has 0 saturated heterocycles. The third kappa shape index (κ3) is 1.90. The molecule has 2 rings (SSSR count). The lowest BCUT2D eigenvalue weighted by Crippen LogP contribution is -2.05. The van der Waals surface area contributed by atoms with Crippen LogP contribution in [0.4, 0.5) is 0 Å². The fourth-order valence-electron chi connectivity index (χ4n) is 1.98. The van der Waals surface area contributed by atoms with Crippen LogP contribution in [0.25, 0.3) is 10.9 Å². The van der Waals surface area contributed by atoms with Gasteiger partial charge in [-0.3, -0.25) is 0 Å². The molecule has 1 aromatic heterocycles. The molecule has 1 heterocycles. The Morgan fingerprint density at radius 3 is 2.73 bits per heavy atom. The monoisotopic (exact) mass is 203 g/mol. The predicted molar refractivity (Wildman–Crippen MR) is 63.3 cm³/mol. The Balaban J connectivity index is 2.50. The van der Waals surface area contributed by atoms with Crippen LogP contribution < -0.4 is 0 Å². The van der Waals surface area contributed by atoms with E-state index in [0.717, 1.165) is 13.2 Å². The largest absolute Gasteiger partial charge is 0.383 e. The number of hydrogen-bond acceptors (Lipinski definition) is 1. The Morgan fingerprint density at radius 1 is 1.20 bits per heavy atom. The van der Waals surface area contributed by atoms with E-state index in [9.17, 15) is 0 Å². The van der Waals surface area contributed by atoms with E-state index in [1.165, 1.54) is 22.2 Å². The number of fused-ring (bicyclic) bond motifs is 1. The number of aryl methyl sites for hydroxylation is 2. The van der Waals surface area contributed by atoms with Crippen molar-refractivity contribution in [2.45, 2.75) is 20.4 Å². The van der Waals surface area contributed by atoms with Crippen molar-refractivity contribution in [2.75, 3.05) is 13.7 Å². The first kappa shape index (κ1) is 10.2. The number of nitrogens with zero attached hydrogens (tertiary/aromatic N) is 1. The van der Waals surface area contributed by atoms with Crippen molar-refractivity contribution < 1.29 is 4.74 Å². The first-order valence-electron chi connectivity index (χ1n) is 5.28. The molecule has 0 radical (unpaired) electrons. The highest BCUT2D eigenvalue weighted by molar-refractivity contribution is 5.82. The zero-order chi connectivity index (χ0) is 10.8. The maximum Gasteiger partial charge on any atom is 0.0642 e. The molecular formula is C13H17NO. The summed E-state index contributed by atoms with van der Waals surface area (Å²) in [6, 6.07) is 8.80. The third-order valence-electron chi connectivity index (χ3n) is 2.79. The highest BCUT2D eigenvalue weighted by Crippen LogP contribution is 2.20. The van der Waals surface area contributed by atoms with Gasteiger partial charge in [-0.2, -0.15) is 0 Å². The van der Waals surface area contributed by atoms with Crippen LogP contribution in [0.2, 0.25) is 0 Å². The molecule has 0 aliphatic rings. The van der Waals surface area contributed by atoms with Crippen LogP contribution in [0, 0.1) is 13.8 Å². The van der Waals surface area contributed by atoms with E-state index in [0.29, 0.717) is 0 Å². The van der Waals surface area contributed by atoms with Gasteiger partial charge in [0, 0.05) is 24.9 Å². The highest BCUT2D eigenvalue weighted by Gasteiger charge is 2.04. The molecule has 0 bridgehead atoms. The molecule has 2 aromatic rings. The first-order chi connectivity index (χ1) is 7.22. The Kier molecular flexibility index (Phi) is 2.78. The molecule has 1 aromatic carbocycles. The highest BCUT2D eigenvalue weighted by atomic mass is 16.5. The molecular weight excluding hydrogens is 186 g/mol. The van der Waals surface area contributed by atoms with E-state index in [1.54, 1.807) is 7.11 Å². The number of hydrogen-bond donors (Lipinski definition) is 0. The topological polar surface area (TPSA) is 14.2 Å². The van der Waals surface area contributed by atoms with Gasteiger partial charge in [-0.1, -0.05) is 12.1 Å². The van der Waals surface area contributed by atoms with E-state index < -0.39 is 0 Å². The van der Waals surface area contributed by atoms with Gasteiger partial charge in [0.05, 0.1) is 6.61 Å². The Hall–Kier alpha value is -1.28. The van der Waals surface area contributed by atoms with Crippen molar-refractivity contribution in [2.24, 2.45) is 0 Å². The zero-order valence-electron chi connectivity index (χ0n) is 9.58. The first-order valence-corrected chi connectivity index (χ1v) is 5.28. The summed E-state index contributed by atoms with van der Waals surface area (Å²) in [6.07, 6.45) is 0. The Morgan fingerprint density at radius 2 is 2.00 bits per heavy atom. The second kappa shape index (κ2) is 4.07. The smallest absolute Gasteiger partial charge is 0.0642 e. The van der Waals surface area contributed by atoms with Crippen LogP contribution in [0.15, 0.2) is 24.3 Å². The quantitative estimate of drug-likeness (QED) is 0.748. The minimum Gasteiger partial charge on any atom is -0.383 e. The average molecular weight is 203 g/mol. The molecule has 2 heteroatoms. The van der Waals surface area contributed by atoms with E-state index in [1.807, 2.05) is 0 Å². The Bertz CT molecular complexity index is 471. The second-order valence-corrected chi connectivity index (χ2v) is 3.99. The molecule has 0 fully saturated rings. The van der Waals surface area contributed by atoms with Gasteiger partial charge in [0.1, 0.15) is 0 Å². The molecule has 0 atom stereocenters. The van der Waals surface area contributed by atoms with Crippen LogP contribution >= 0.6 is 0 Å². The lowest BCUT2D eigenvalue weighted by molar-refractivity contribution is 0.188. The minimum atomic E-state index is 0.762. The average Bonchev–Trinajstić information content (AvgIpc) is 2.51. The summed E-state index contributed by atoms with van der Waals surface area (Å²) in [5.41, 5.74) is 3.91. The van der Waals surface area contributed by atoms with Crippen LogP contribution in [0.1, 0.15) is 11.3 Å². The molecule has 0 N–H and O–H groups in total. The molecule has 80 valence electrons. The summed E-state index contributed by atoms with van der Waals surface area (Å²) in [5.74, 6) is 0. The summed E-state index contributed by atoms with van der Waals surface area (Å²) < 4.78 is 7.44. The number of ether oxygens (including phenoxy) is 1. The molecule has 15 heavy (non-hydrogen) atoms. The van der Waals surface area contributed by atoms with Crippen LogP contribution in [0.5, 0.6) is 0 Å². The van der Waals surface area contributed by atoms with E-state index in [2.05, 4.69) is 42.7 Å². The second-order valence-electron chi connectivity index (χ2n) is 3.99. The SMILES string of the molecule is COCCn1c(C)cc2ccc(C)cc21. The minimum absolute atomic E-state index is 0.762. The predicted octanol–water partition coefficient (Wildman–Crippen LogP) is 2.90. The van der Waals surface area contributed by atoms with Gasteiger partial charge < -0.3 is 9.30 Å². The van der Waals surface area contributed by atoms with E-state index in [-0.39, 0.29) is 0 Å². The molecule has 2 nitrogen and oxygen atoms in total. The third-order valence-corrected chi connectivity index (χ3v) is 2.79. The molecule has 0 spiro atoms. The van der Waals surface area contributed by atoms with Crippen LogP contribution in [-0.2, 0) is 11.3 Å². The summed E-state index contributed by atoms with van der Waals surface area (Å²) in [5, 5.41) is 1.31. The lowest BCUT2D eigenvalue weighted by atomic mass is 10.2. The molecule has 0 amide bonds. The standard InChI is InChI=1S/C13H17NO/c1-10-4-5-12-9-11(2)14(6-7-15-3)13(12)8-10/h4-5,8-9H,6-7H2,1-3H3.